The molecule has 0 fully saturated rings. The third kappa shape index (κ3) is 23.9. The van der Waals surface area contributed by atoms with E-state index in [1.807, 2.05) is 0 Å². The molecule has 0 aromatic heterocycles. The molecule has 0 aromatic rings. The molecule has 0 amide bonds. The number of carbonyl (C=O) groups is 2. The molecule has 59 valence electrons. The van der Waals surface area contributed by atoms with Crippen LogP contribution in [0, 0.1) is 6.92 Å². The molecule has 0 aromatic carbocycles. The van der Waals surface area contributed by atoms with Gasteiger partial charge >= 0.3 is 0 Å². The van der Waals surface area contributed by atoms with Crippen molar-refractivity contribution in [2.45, 2.75) is 28.2 Å². The summed E-state index contributed by atoms with van der Waals surface area (Å²) in [5.74, 6) is -0.437. The Kier molecular flexibility index (Phi) is 27.0. The van der Waals surface area contributed by atoms with E-state index in [2.05, 4.69) is 6.92 Å². The van der Waals surface area contributed by atoms with Crippen molar-refractivity contribution >= 4 is 11.6 Å². The van der Waals surface area contributed by atoms with E-state index >= 15 is 0 Å². The first-order valence-corrected chi connectivity index (χ1v) is 1.97. The van der Waals surface area contributed by atoms with E-state index in [0.29, 0.717) is 0 Å². The molecule has 0 spiro atoms. The van der Waals surface area contributed by atoms with E-state index in [4.69, 9.17) is 0 Å². The molecule has 0 bridgehead atoms. The van der Waals surface area contributed by atoms with Crippen LogP contribution < -0.4 is 0 Å². The third-order valence-corrected chi connectivity index (χ3v) is 0.446. The fourth-order valence-electron chi connectivity index (χ4n) is 0.278. The van der Waals surface area contributed by atoms with Crippen LogP contribution >= 0.6 is 0 Å². The van der Waals surface area contributed by atoms with Gasteiger partial charge in [-0.2, -0.15) is 0 Å². The maximum atomic E-state index is 9.99. The average Bonchev–Trinajstić information content (AvgIpc) is 1.27. The maximum absolute atomic E-state index is 9.99. The van der Waals surface area contributed by atoms with Crippen LogP contribution in [0.25, 0.3) is 0 Å². The number of carbonyl (C=O) groups excluding carboxylic acids is 2. The number of ketones is 2. The Morgan fingerprint density at radius 2 is 1.60 bits per heavy atom. The fourth-order valence-corrected chi connectivity index (χ4v) is 0.278. The van der Waals surface area contributed by atoms with Crippen molar-refractivity contribution in [1.29, 1.82) is 0 Å². The van der Waals surface area contributed by atoms with Crippen LogP contribution in [0.4, 0.5) is 0 Å². The molecule has 0 rings (SSSR count). The Hall–Kier alpha value is 0.314. The molecule has 0 aliphatic rings. The number of hydrogen-bond donors (Lipinski definition) is 0. The van der Waals surface area contributed by atoms with Crippen LogP contribution in [-0.4, -0.2) is 11.6 Å². The van der Waals surface area contributed by atoms with Gasteiger partial charge in [0.1, 0.15) is 5.78 Å². The van der Waals surface area contributed by atoms with E-state index < -0.39 is 0 Å². The second kappa shape index (κ2) is 12.0. The molecule has 0 heterocycles. The van der Waals surface area contributed by atoms with Crippen LogP contribution in [0.2, 0.25) is 0 Å². The zero-order chi connectivity index (χ0) is 5.86. The summed E-state index contributed by atoms with van der Waals surface area (Å²) in [6, 6.07) is 0. The molecule has 0 N–H and O–H groups in total. The number of Topliss-reactive ketones (excluding diaryl/α,β-unsaturated/α-hetero) is 2. The van der Waals surface area contributed by atoms with E-state index in [1.165, 1.54) is 6.92 Å². The fraction of sp³-hybridized carbons (Fsp3) is 0.571. The molecule has 0 aliphatic heterocycles. The molecule has 0 aliphatic carbocycles. The molecule has 0 saturated heterocycles. The molecule has 0 unspecified atom stereocenters. The van der Waals surface area contributed by atoms with Crippen LogP contribution in [0.15, 0.2) is 0 Å². The predicted octanol–water partition coefficient (Wildman–Crippen LogP) is 1.64. The van der Waals surface area contributed by atoms with Crippen molar-refractivity contribution in [3.63, 3.8) is 0 Å². The Labute approximate surface area is 88.6 Å². The van der Waals surface area contributed by atoms with Crippen molar-refractivity contribution in [3.05, 3.63) is 6.92 Å². The Morgan fingerprint density at radius 3 is 1.60 bits per heavy atom. The van der Waals surface area contributed by atoms with Gasteiger partial charge in [-0.15, -0.1) is 0 Å². The van der Waals surface area contributed by atoms with Crippen LogP contribution in [0.5, 0.6) is 0 Å². The Morgan fingerprint density at radius 1 is 1.30 bits per heavy atom. The maximum Gasteiger partial charge on any atom is 0.134 e. The second-order valence-electron chi connectivity index (χ2n) is 1.42. The van der Waals surface area contributed by atoms with Crippen molar-refractivity contribution in [1.82, 2.24) is 0 Å². The van der Waals surface area contributed by atoms with Gasteiger partial charge in [-0.3, -0.25) is 4.79 Å². The minimum atomic E-state index is -0.312. The van der Waals surface area contributed by atoms with Gasteiger partial charge in [0.25, 0.3) is 0 Å². The predicted molar refractivity (Wildman–Crippen MR) is 39.1 cm³/mol. The number of rotatable bonds is 2. The topological polar surface area (TPSA) is 34.1 Å². The van der Waals surface area contributed by atoms with Gasteiger partial charge in [0.2, 0.25) is 0 Å². The Bertz CT molecular complexity index is 87.8. The summed E-state index contributed by atoms with van der Waals surface area (Å²) in [6.07, 6.45) is -0.0278. The van der Waals surface area contributed by atoms with Gasteiger partial charge in [0.05, 0.1) is 0 Å². The minimum absolute atomic E-state index is 0. The van der Waals surface area contributed by atoms with Crippen molar-refractivity contribution < 1.29 is 42.3 Å². The molecular weight excluding hydrogens is 205 g/mol. The molecule has 2 nitrogen and oxygen atoms in total. The van der Waals surface area contributed by atoms with Gasteiger partial charge in [-0.1, -0.05) is 14.9 Å². The quantitative estimate of drug-likeness (QED) is 0.523. The first-order chi connectivity index (χ1) is 3.13. The summed E-state index contributed by atoms with van der Waals surface area (Å²) in [5.41, 5.74) is 0. The standard InChI is InChI=1S/C5H7O2.2CH4.Y/c1-4(6)3-5(2)7;;;/h1,3H2,2H3;2*1H4;/q-1;;;. The third-order valence-electron chi connectivity index (χ3n) is 0.446. The molecule has 10 heavy (non-hydrogen) atoms. The average molecular weight is 220 g/mol. The SMILES string of the molecule is C.C.[CH2-]C(=O)CC(C)=O.[Y]. The van der Waals surface area contributed by atoms with E-state index in [-0.39, 0.29) is 65.5 Å². The van der Waals surface area contributed by atoms with Crippen molar-refractivity contribution in [2.24, 2.45) is 0 Å². The minimum Gasteiger partial charge on any atom is -0.339 e. The van der Waals surface area contributed by atoms with Crippen LogP contribution in [0.3, 0.4) is 0 Å². The molecule has 0 atom stereocenters. The van der Waals surface area contributed by atoms with Crippen molar-refractivity contribution in [3.8, 4) is 0 Å². The van der Waals surface area contributed by atoms with Gasteiger partial charge in [0.15, 0.2) is 0 Å². The van der Waals surface area contributed by atoms with E-state index in [1.54, 1.807) is 0 Å². The smallest absolute Gasteiger partial charge is 0.134 e. The molecule has 3 heteroatoms. The van der Waals surface area contributed by atoms with Gasteiger partial charge in [-0.25, -0.2) is 0 Å². The molecular formula is C7H15O2Y-. The van der Waals surface area contributed by atoms with E-state index in [0.717, 1.165) is 0 Å². The summed E-state index contributed by atoms with van der Waals surface area (Å²) in [6.45, 7) is 4.38. The van der Waals surface area contributed by atoms with Gasteiger partial charge < -0.3 is 11.7 Å². The summed E-state index contributed by atoms with van der Waals surface area (Å²) >= 11 is 0. The summed E-state index contributed by atoms with van der Waals surface area (Å²) in [4.78, 5) is 19.9. The second-order valence-corrected chi connectivity index (χ2v) is 1.42. The molecule has 0 saturated carbocycles. The monoisotopic (exact) mass is 220 g/mol. The number of hydrogen-bond acceptors (Lipinski definition) is 2. The summed E-state index contributed by atoms with van der Waals surface area (Å²) in [7, 11) is 0. The largest absolute Gasteiger partial charge is 0.339 e. The Balaban J connectivity index is -0.0000000600. The van der Waals surface area contributed by atoms with Gasteiger partial charge in [0, 0.05) is 44.9 Å². The summed E-state index contributed by atoms with van der Waals surface area (Å²) in [5, 5.41) is 0. The molecule has 1 radical (unpaired) electrons. The van der Waals surface area contributed by atoms with Crippen molar-refractivity contribution in [2.75, 3.05) is 0 Å². The van der Waals surface area contributed by atoms with Crippen LogP contribution in [0.1, 0.15) is 28.2 Å². The van der Waals surface area contributed by atoms with Gasteiger partial charge in [-0.05, 0) is 6.92 Å². The zero-order valence-electron chi connectivity index (χ0n) is 4.81. The normalized spacial score (nSPS) is 5.70. The van der Waals surface area contributed by atoms with E-state index in [9.17, 15) is 9.59 Å². The summed E-state index contributed by atoms with van der Waals surface area (Å²) < 4.78 is 0. The zero-order valence-corrected chi connectivity index (χ0v) is 7.65. The van der Waals surface area contributed by atoms with Crippen LogP contribution in [-0.2, 0) is 42.3 Å². The first kappa shape index (κ1) is 22.4. The first-order valence-electron chi connectivity index (χ1n) is 1.97.